The Morgan fingerprint density at radius 3 is 2.39 bits per heavy atom. The van der Waals surface area contributed by atoms with Crippen molar-refractivity contribution >= 4 is 36.0 Å². The van der Waals surface area contributed by atoms with E-state index in [4.69, 9.17) is 4.74 Å². The van der Waals surface area contributed by atoms with Crippen molar-refractivity contribution in [2.75, 3.05) is 46.4 Å². The Balaban J connectivity index is 0.00000480. The van der Waals surface area contributed by atoms with Crippen molar-refractivity contribution in [3.63, 3.8) is 0 Å². The molecule has 1 aliphatic rings. The molecule has 1 aromatic rings. The van der Waals surface area contributed by atoms with E-state index in [2.05, 4.69) is 64.7 Å². The third-order valence-corrected chi connectivity index (χ3v) is 5.73. The number of nitrogens with zero attached hydrogens (tertiary/aromatic N) is 3. The summed E-state index contributed by atoms with van der Waals surface area (Å²) in [5.74, 6) is 0.829. The molecule has 8 heteroatoms. The number of likely N-dealkylation sites (tertiary alicyclic amines) is 1. The van der Waals surface area contributed by atoms with Crippen LogP contribution >= 0.6 is 24.0 Å². The van der Waals surface area contributed by atoms with E-state index in [0.29, 0.717) is 31.8 Å². The second-order valence-electron chi connectivity index (χ2n) is 7.62. The van der Waals surface area contributed by atoms with Crippen LogP contribution in [0.5, 0.6) is 0 Å². The summed E-state index contributed by atoms with van der Waals surface area (Å²) in [5, 5.41) is 7.07. The van der Waals surface area contributed by atoms with Gasteiger partial charge in [-0.05, 0) is 44.8 Å². The van der Waals surface area contributed by atoms with Crippen LogP contribution in [0.2, 0.25) is 0 Å². The Hall–Kier alpha value is -1.55. The first-order chi connectivity index (χ1) is 14.6. The molecule has 1 heterocycles. The van der Waals surface area contributed by atoms with Gasteiger partial charge in [-0.15, -0.1) is 24.0 Å². The van der Waals surface area contributed by atoms with Crippen LogP contribution in [0, 0.1) is 0 Å². The van der Waals surface area contributed by atoms with Crippen LogP contribution in [-0.2, 0) is 11.2 Å². The molecule has 0 saturated carbocycles. The molecular formula is C23H40IN5O2. The maximum atomic E-state index is 11.9. The van der Waals surface area contributed by atoms with Gasteiger partial charge in [-0.2, -0.15) is 0 Å². The molecule has 0 radical (unpaired) electrons. The van der Waals surface area contributed by atoms with E-state index >= 15 is 0 Å². The standard InChI is InChI=1S/C23H39N5O2.HI/c1-5-27(6-2)21(17-19-11-9-8-10-12-19)18-25-22(24-4)26-20-13-15-28(16-14-20)23(29)30-7-3;/h8-12,20-21H,5-7,13-18H2,1-4H3,(H2,24,25,26);1H. The molecule has 1 unspecified atom stereocenters. The zero-order chi connectivity index (χ0) is 21.8. The average Bonchev–Trinajstić information content (AvgIpc) is 2.78. The molecule has 0 spiro atoms. The monoisotopic (exact) mass is 545 g/mol. The molecule has 1 atom stereocenters. The van der Waals surface area contributed by atoms with Gasteiger partial charge in [0.1, 0.15) is 0 Å². The second kappa shape index (κ2) is 15.3. The fraction of sp³-hybridized carbons (Fsp3) is 0.652. The van der Waals surface area contributed by atoms with Crippen LogP contribution in [0.25, 0.3) is 0 Å². The van der Waals surface area contributed by atoms with Gasteiger partial charge in [0.2, 0.25) is 0 Å². The van der Waals surface area contributed by atoms with Crippen LogP contribution in [0.1, 0.15) is 39.2 Å². The van der Waals surface area contributed by atoms with E-state index in [1.165, 1.54) is 5.56 Å². The number of ether oxygens (including phenoxy) is 1. The molecule has 1 saturated heterocycles. The van der Waals surface area contributed by atoms with E-state index in [-0.39, 0.29) is 30.1 Å². The Morgan fingerprint density at radius 1 is 1.19 bits per heavy atom. The lowest BCUT2D eigenvalue weighted by Gasteiger charge is -2.33. The average molecular weight is 546 g/mol. The summed E-state index contributed by atoms with van der Waals surface area (Å²) in [6, 6.07) is 11.4. The zero-order valence-electron chi connectivity index (χ0n) is 19.5. The highest BCUT2D eigenvalue weighted by Gasteiger charge is 2.24. The van der Waals surface area contributed by atoms with Crippen molar-refractivity contribution in [2.45, 2.75) is 52.1 Å². The van der Waals surface area contributed by atoms with Crippen LogP contribution in [-0.4, -0.2) is 80.3 Å². The van der Waals surface area contributed by atoms with Crippen LogP contribution in [0.4, 0.5) is 4.79 Å². The second-order valence-corrected chi connectivity index (χ2v) is 7.62. The number of benzene rings is 1. The quantitative estimate of drug-likeness (QED) is 0.283. The van der Waals surface area contributed by atoms with Gasteiger partial charge in [-0.1, -0.05) is 44.2 Å². The van der Waals surface area contributed by atoms with Gasteiger partial charge < -0.3 is 20.3 Å². The number of amides is 1. The van der Waals surface area contributed by atoms with Crippen molar-refractivity contribution in [3.05, 3.63) is 35.9 Å². The Morgan fingerprint density at radius 2 is 1.84 bits per heavy atom. The lowest BCUT2D eigenvalue weighted by molar-refractivity contribution is 0.0963. The summed E-state index contributed by atoms with van der Waals surface area (Å²) in [6.07, 6.45) is 2.58. The number of likely N-dealkylation sites (N-methyl/N-ethyl adjacent to an activating group) is 1. The highest BCUT2D eigenvalue weighted by molar-refractivity contribution is 14.0. The molecule has 0 aromatic heterocycles. The Kier molecular flexibility index (Phi) is 13.6. The predicted molar refractivity (Wildman–Crippen MR) is 138 cm³/mol. The maximum absolute atomic E-state index is 11.9. The lowest BCUT2D eigenvalue weighted by atomic mass is 10.0. The Bertz CT molecular complexity index is 647. The number of halogens is 1. The number of carbonyl (C=O) groups is 1. The highest BCUT2D eigenvalue weighted by atomic mass is 127. The van der Waals surface area contributed by atoms with Crippen LogP contribution in [0.15, 0.2) is 35.3 Å². The minimum Gasteiger partial charge on any atom is -0.450 e. The number of piperidine rings is 1. The minimum atomic E-state index is -0.207. The van der Waals surface area contributed by atoms with Crippen molar-refractivity contribution in [3.8, 4) is 0 Å². The number of aliphatic imine (C=N–C) groups is 1. The van der Waals surface area contributed by atoms with E-state index in [0.717, 1.165) is 44.9 Å². The van der Waals surface area contributed by atoms with Crippen molar-refractivity contribution in [1.82, 2.24) is 20.4 Å². The van der Waals surface area contributed by atoms with Gasteiger partial charge in [0.05, 0.1) is 6.61 Å². The molecule has 176 valence electrons. The van der Waals surface area contributed by atoms with Gasteiger partial charge in [0, 0.05) is 38.8 Å². The number of hydrogen-bond acceptors (Lipinski definition) is 4. The molecule has 2 N–H and O–H groups in total. The smallest absolute Gasteiger partial charge is 0.409 e. The highest BCUT2D eigenvalue weighted by Crippen LogP contribution is 2.12. The van der Waals surface area contributed by atoms with Gasteiger partial charge in [0.25, 0.3) is 0 Å². The van der Waals surface area contributed by atoms with Crippen molar-refractivity contribution in [2.24, 2.45) is 4.99 Å². The Labute approximate surface area is 205 Å². The summed E-state index contributed by atoms with van der Waals surface area (Å²) < 4.78 is 5.10. The first-order valence-electron chi connectivity index (χ1n) is 11.3. The molecule has 1 fully saturated rings. The first-order valence-corrected chi connectivity index (χ1v) is 11.3. The van der Waals surface area contributed by atoms with E-state index in [1.54, 1.807) is 4.90 Å². The SMILES string of the molecule is CCOC(=O)N1CCC(NC(=NC)NCC(Cc2ccccc2)N(CC)CC)CC1.I. The van der Waals surface area contributed by atoms with Gasteiger partial charge >= 0.3 is 6.09 Å². The molecule has 0 bridgehead atoms. The molecule has 1 amide bonds. The normalized spacial score (nSPS) is 15.9. The zero-order valence-corrected chi connectivity index (χ0v) is 21.8. The summed E-state index contributed by atoms with van der Waals surface area (Å²) in [5.41, 5.74) is 1.35. The largest absolute Gasteiger partial charge is 0.450 e. The topological polar surface area (TPSA) is 69.2 Å². The van der Waals surface area contributed by atoms with Crippen molar-refractivity contribution < 1.29 is 9.53 Å². The number of hydrogen-bond donors (Lipinski definition) is 2. The molecule has 0 aliphatic carbocycles. The van der Waals surface area contributed by atoms with E-state index in [1.807, 2.05) is 14.0 Å². The minimum absolute atomic E-state index is 0. The molecule has 7 nitrogen and oxygen atoms in total. The van der Waals surface area contributed by atoms with Gasteiger partial charge in [-0.3, -0.25) is 9.89 Å². The number of nitrogens with one attached hydrogen (secondary N) is 2. The van der Waals surface area contributed by atoms with E-state index < -0.39 is 0 Å². The van der Waals surface area contributed by atoms with E-state index in [9.17, 15) is 4.79 Å². The maximum Gasteiger partial charge on any atom is 0.409 e. The third kappa shape index (κ3) is 9.22. The summed E-state index contributed by atoms with van der Waals surface area (Å²) in [7, 11) is 1.81. The number of carbonyl (C=O) groups excluding carboxylic acids is 1. The molecule has 31 heavy (non-hydrogen) atoms. The van der Waals surface area contributed by atoms with Crippen LogP contribution in [0.3, 0.4) is 0 Å². The van der Waals surface area contributed by atoms with Gasteiger partial charge in [-0.25, -0.2) is 4.79 Å². The predicted octanol–water partition coefficient (Wildman–Crippen LogP) is 3.34. The first kappa shape index (κ1) is 27.5. The summed E-state index contributed by atoms with van der Waals surface area (Å²) >= 11 is 0. The third-order valence-electron chi connectivity index (χ3n) is 5.73. The molecular weight excluding hydrogens is 505 g/mol. The number of rotatable bonds is 9. The fourth-order valence-corrected chi connectivity index (χ4v) is 3.98. The lowest BCUT2D eigenvalue weighted by Crippen LogP contribution is -2.52. The van der Waals surface area contributed by atoms with Crippen molar-refractivity contribution in [1.29, 1.82) is 0 Å². The molecule has 1 aliphatic heterocycles. The fourth-order valence-electron chi connectivity index (χ4n) is 3.98. The molecule has 1 aromatic carbocycles. The number of guanidine groups is 1. The summed E-state index contributed by atoms with van der Waals surface area (Å²) in [6.45, 7) is 11.0. The van der Waals surface area contributed by atoms with Gasteiger partial charge in [0.15, 0.2) is 5.96 Å². The molecule has 2 rings (SSSR count). The van der Waals surface area contributed by atoms with Crippen LogP contribution < -0.4 is 10.6 Å². The summed E-state index contributed by atoms with van der Waals surface area (Å²) in [4.78, 5) is 20.6.